The molecular weight excluding hydrogens is 380 g/mol. The molecule has 0 spiro atoms. The molecule has 0 fully saturated rings. The van der Waals surface area contributed by atoms with Crippen LogP contribution in [0, 0.1) is 17.5 Å². The molecule has 0 aliphatic rings. The van der Waals surface area contributed by atoms with Crippen molar-refractivity contribution in [2.45, 2.75) is 18.3 Å². The summed E-state index contributed by atoms with van der Waals surface area (Å²) in [6, 6.07) is 17.7. The maximum absolute atomic E-state index is 15.0. The second-order valence-corrected chi connectivity index (χ2v) is 6.65. The number of hydrogen-bond acceptors (Lipinski definition) is 3. The summed E-state index contributed by atoms with van der Waals surface area (Å²) in [4.78, 5) is 0. The number of halogens is 3. The van der Waals surface area contributed by atoms with Crippen molar-refractivity contribution < 1.29 is 27.9 Å². The van der Waals surface area contributed by atoms with Gasteiger partial charge in [0, 0.05) is 23.3 Å². The van der Waals surface area contributed by atoms with Crippen molar-refractivity contribution in [1.29, 1.82) is 0 Å². The highest BCUT2D eigenvalue weighted by Gasteiger charge is 2.41. The molecule has 0 aromatic heterocycles. The maximum Gasteiger partial charge on any atom is 0.633 e. The van der Waals surface area contributed by atoms with Gasteiger partial charge in [-0.1, -0.05) is 54.6 Å². The van der Waals surface area contributed by atoms with Gasteiger partial charge in [-0.3, -0.25) is 0 Å². The lowest BCUT2D eigenvalue weighted by Gasteiger charge is -2.36. The van der Waals surface area contributed by atoms with E-state index in [0.29, 0.717) is 0 Å². The molecule has 0 aliphatic carbocycles. The van der Waals surface area contributed by atoms with Crippen LogP contribution in [0.5, 0.6) is 0 Å². The van der Waals surface area contributed by atoms with Gasteiger partial charge in [-0.2, -0.15) is 0 Å². The van der Waals surface area contributed by atoms with Crippen LogP contribution in [0.4, 0.5) is 13.2 Å². The smallest absolute Gasteiger partial charge is 0.402 e. The average molecular weight is 400 g/mol. The van der Waals surface area contributed by atoms with Gasteiger partial charge in [-0.05, 0) is 31.0 Å². The fourth-order valence-corrected chi connectivity index (χ4v) is 3.79. The first-order valence-electron chi connectivity index (χ1n) is 9.19. The lowest BCUT2D eigenvalue weighted by Crippen LogP contribution is -2.33. The molecular formula is C22H20BF3O3. The second-order valence-electron chi connectivity index (χ2n) is 6.65. The minimum atomic E-state index is -1.96. The Labute approximate surface area is 167 Å². The molecule has 3 aromatic rings. The Morgan fingerprint density at radius 3 is 1.41 bits per heavy atom. The van der Waals surface area contributed by atoms with Crippen LogP contribution in [0.25, 0.3) is 0 Å². The number of benzene rings is 3. The zero-order valence-electron chi connectivity index (χ0n) is 15.6. The Hall–Kier alpha value is -2.61. The zero-order chi connectivity index (χ0) is 20.9. The molecule has 0 radical (unpaired) electrons. The topological polar surface area (TPSA) is 49.7 Å². The van der Waals surface area contributed by atoms with E-state index in [4.69, 9.17) is 14.7 Å². The summed E-state index contributed by atoms with van der Waals surface area (Å²) in [5.41, 5.74) is -1.11. The number of rotatable bonds is 8. The van der Waals surface area contributed by atoms with Gasteiger partial charge in [0.2, 0.25) is 0 Å². The maximum atomic E-state index is 15.0. The molecule has 0 aliphatic heterocycles. The Morgan fingerprint density at radius 2 is 1.07 bits per heavy atom. The Morgan fingerprint density at radius 1 is 0.690 bits per heavy atom. The van der Waals surface area contributed by atoms with Crippen molar-refractivity contribution in [3.63, 3.8) is 0 Å². The summed E-state index contributed by atoms with van der Waals surface area (Å²) < 4.78 is 49.8. The summed E-state index contributed by atoms with van der Waals surface area (Å²) in [5.74, 6) is -1.79. The predicted molar refractivity (Wildman–Crippen MR) is 104 cm³/mol. The van der Waals surface area contributed by atoms with Crippen LogP contribution in [-0.2, 0) is 10.1 Å². The third-order valence-corrected chi connectivity index (χ3v) is 4.96. The lowest BCUT2D eigenvalue weighted by atomic mass is 9.66. The average Bonchev–Trinajstić information content (AvgIpc) is 2.70. The fourth-order valence-electron chi connectivity index (χ4n) is 3.79. The fraction of sp³-hybridized carbons (Fsp3) is 0.182. The molecule has 0 saturated heterocycles. The van der Waals surface area contributed by atoms with Crippen molar-refractivity contribution in [1.82, 2.24) is 0 Å². The normalized spacial score (nSPS) is 11.5. The molecule has 29 heavy (non-hydrogen) atoms. The quantitative estimate of drug-likeness (QED) is 0.339. The molecule has 150 valence electrons. The standard InChI is InChI=1S/C22H20BF3O3/c24-19-11-4-1-8-16(19)22(14-7-15-29-23(27)28,17-9-2-5-12-20(17)25)18-10-3-6-13-21(18)26/h1-6,8-13,27-28H,7,14-15H2. The van der Waals surface area contributed by atoms with E-state index >= 15 is 13.2 Å². The molecule has 2 N–H and O–H groups in total. The van der Waals surface area contributed by atoms with Gasteiger partial charge in [-0.25, -0.2) is 13.2 Å². The van der Waals surface area contributed by atoms with Gasteiger partial charge in [0.1, 0.15) is 17.5 Å². The Bertz CT molecular complexity index is 854. The van der Waals surface area contributed by atoms with Crippen LogP contribution in [0.1, 0.15) is 29.5 Å². The van der Waals surface area contributed by atoms with Crippen LogP contribution in [0.15, 0.2) is 72.8 Å². The Kier molecular flexibility index (Phi) is 6.74. The van der Waals surface area contributed by atoms with Gasteiger partial charge in [0.25, 0.3) is 0 Å². The molecule has 0 amide bonds. The van der Waals surface area contributed by atoms with Gasteiger partial charge >= 0.3 is 7.32 Å². The summed E-state index contributed by atoms with van der Waals surface area (Å²) >= 11 is 0. The largest absolute Gasteiger partial charge is 0.633 e. The van der Waals surface area contributed by atoms with Crippen LogP contribution in [-0.4, -0.2) is 24.0 Å². The molecule has 3 aromatic carbocycles. The lowest BCUT2D eigenvalue weighted by molar-refractivity contribution is 0.179. The van der Waals surface area contributed by atoms with E-state index in [9.17, 15) is 0 Å². The highest BCUT2D eigenvalue weighted by molar-refractivity contribution is 6.32. The van der Waals surface area contributed by atoms with Crippen LogP contribution < -0.4 is 0 Å². The van der Waals surface area contributed by atoms with E-state index in [1.165, 1.54) is 54.6 Å². The summed E-state index contributed by atoms with van der Waals surface area (Å²) in [6.07, 6.45) is 0.261. The first-order chi connectivity index (χ1) is 14.0. The minimum Gasteiger partial charge on any atom is -0.402 e. The van der Waals surface area contributed by atoms with E-state index in [2.05, 4.69) is 0 Å². The van der Waals surface area contributed by atoms with Crippen molar-refractivity contribution in [2.75, 3.05) is 6.61 Å². The molecule has 0 atom stereocenters. The zero-order valence-corrected chi connectivity index (χ0v) is 15.6. The molecule has 0 heterocycles. The number of hydrogen-bond donors (Lipinski definition) is 2. The summed E-state index contributed by atoms with van der Waals surface area (Å²) in [5, 5.41) is 17.8. The first kappa shape index (κ1) is 21.1. The highest BCUT2D eigenvalue weighted by Crippen LogP contribution is 2.45. The molecule has 3 nitrogen and oxygen atoms in total. The monoisotopic (exact) mass is 400 g/mol. The second kappa shape index (κ2) is 9.26. The molecule has 3 rings (SSSR count). The van der Waals surface area contributed by atoms with Gasteiger partial charge < -0.3 is 14.7 Å². The van der Waals surface area contributed by atoms with Crippen LogP contribution in [0.2, 0.25) is 0 Å². The van der Waals surface area contributed by atoms with E-state index in [1.54, 1.807) is 18.2 Å². The van der Waals surface area contributed by atoms with Crippen molar-refractivity contribution in [3.05, 3.63) is 107 Å². The third-order valence-electron chi connectivity index (χ3n) is 4.96. The molecule has 0 unspecified atom stereocenters. The molecule has 0 bridgehead atoms. The molecule has 7 heteroatoms. The summed E-state index contributed by atoms with van der Waals surface area (Å²) in [6.45, 7) is -0.0865. The Balaban J connectivity index is 2.26. The van der Waals surface area contributed by atoms with Gasteiger partial charge in [0.05, 0.1) is 5.41 Å². The third kappa shape index (κ3) is 4.37. The van der Waals surface area contributed by atoms with Crippen LogP contribution >= 0.6 is 0 Å². The van der Waals surface area contributed by atoms with E-state index < -0.39 is 30.2 Å². The SMILES string of the molecule is OB(O)OCCCC(c1ccccc1F)(c1ccccc1F)c1ccccc1F. The van der Waals surface area contributed by atoms with Gasteiger partial charge in [0.15, 0.2) is 0 Å². The summed E-state index contributed by atoms with van der Waals surface area (Å²) in [7, 11) is -1.96. The van der Waals surface area contributed by atoms with Crippen LogP contribution in [0.3, 0.4) is 0 Å². The highest BCUT2D eigenvalue weighted by atomic mass is 19.1. The molecule has 0 saturated carbocycles. The predicted octanol–water partition coefficient (Wildman–Crippen LogP) is 4.20. The first-order valence-corrected chi connectivity index (χ1v) is 9.19. The minimum absolute atomic E-state index is 0.0719. The van der Waals surface area contributed by atoms with Gasteiger partial charge in [-0.15, -0.1) is 0 Å². The van der Waals surface area contributed by atoms with Crippen molar-refractivity contribution in [2.24, 2.45) is 0 Å². The van der Waals surface area contributed by atoms with Crippen molar-refractivity contribution in [3.8, 4) is 0 Å². The van der Waals surface area contributed by atoms with Crippen molar-refractivity contribution >= 4 is 7.32 Å². The van der Waals surface area contributed by atoms with E-state index in [1.807, 2.05) is 0 Å². The van der Waals surface area contributed by atoms with E-state index in [-0.39, 0.29) is 36.1 Å². The van der Waals surface area contributed by atoms with E-state index in [0.717, 1.165) is 0 Å².